The zero-order valence-corrected chi connectivity index (χ0v) is 12.0. The van der Waals surface area contributed by atoms with Crippen molar-refractivity contribution >= 4 is 0 Å². The molecule has 3 heterocycles. The first-order chi connectivity index (χ1) is 8.69. The van der Waals surface area contributed by atoms with Gasteiger partial charge in [-0.2, -0.15) is 0 Å². The number of rotatable bonds is 1. The number of fused-ring (bicyclic) bond motifs is 1. The highest BCUT2D eigenvalue weighted by atomic mass is 16.8. The largest absolute Gasteiger partial charge is 0.387 e. The molecule has 0 aromatic heterocycles. The summed E-state index contributed by atoms with van der Waals surface area (Å²) in [6.45, 7) is 9.22. The van der Waals surface area contributed by atoms with E-state index in [2.05, 4.69) is 0 Å². The Kier molecular flexibility index (Phi) is 2.98. The molecule has 0 aromatic carbocycles. The Morgan fingerprint density at radius 2 is 1.37 bits per heavy atom. The Labute approximate surface area is 112 Å². The van der Waals surface area contributed by atoms with Gasteiger partial charge >= 0.3 is 0 Å². The van der Waals surface area contributed by atoms with E-state index >= 15 is 0 Å². The summed E-state index contributed by atoms with van der Waals surface area (Å²) in [6.07, 6.45) is -2.78. The quantitative estimate of drug-likeness (QED) is 0.761. The lowest BCUT2D eigenvalue weighted by Gasteiger charge is -2.27. The SMILES string of the molecule is C[C@@H]1OC(C)(C)O[C@H]1[C@H]1O[C@@H]2OC(C)(C)O[C@@H]2[C@H]1O. The summed E-state index contributed by atoms with van der Waals surface area (Å²) in [7, 11) is 0. The summed E-state index contributed by atoms with van der Waals surface area (Å²) in [4.78, 5) is 0. The maximum atomic E-state index is 10.4. The summed E-state index contributed by atoms with van der Waals surface area (Å²) in [5.74, 6) is -1.38. The van der Waals surface area contributed by atoms with Crippen molar-refractivity contribution in [3.63, 3.8) is 0 Å². The van der Waals surface area contributed by atoms with Crippen molar-refractivity contribution < 1.29 is 28.8 Å². The summed E-state index contributed by atoms with van der Waals surface area (Å²) in [5.41, 5.74) is 0. The monoisotopic (exact) mass is 274 g/mol. The molecule has 6 heteroatoms. The molecular weight excluding hydrogens is 252 g/mol. The van der Waals surface area contributed by atoms with Gasteiger partial charge in [-0.1, -0.05) is 0 Å². The first kappa shape index (κ1) is 13.7. The van der Waals surface area contributed by atoms with Crippen molar-refractivity contribution in [2.45, 2.75) is 83.0 Å². The molecule has 0 spiro atoms. The lowest BCUT2D eigenvalue weighted by atomic mass is 10.0. The van der Waals surface area contributed by atoms with Gasteiger partial charge in [0.05, 0.1) is 6.10 Å². The van der Waals surface area contributed by atoms with Crippen LogP contribution in [0, 0.1) is 0 Å². The van der Waals surface area contributed by atoms with Crippen LogP contribution in [0.3, 0.4) is 0 Å². The van der Waals surface area contributed by atoms with Gasteiger partial charge in [0.15, 0.2) is 17.9 Å². The molecule has 3 saturated heterocycles. The van der Waals surface area contributed by atoms with Crippen LogP contribution >= 0.6 is 0 Å². The van der Waals surface area contributed by atoms with Crippen molar-refractivity contribution in [2.75, 3.05) is 0 Å². The third-order valence-corrected chi connectivity index (χ3v) is 3.73. The van der Waals surface area contributed by atoms with Gasteiger partial charge in [0.1, 0.15) is 24.4 Å². The number of aliphatic hydroxyl groups excluding tert-OH is 1. The maximum Gasteiger partial charge on any atom is 0.190 e. The summed E-state index contributed by atoms with van der Waals surface area (Å²) >= 11 is 0. The average molecular weight is 274 g/mol. The second-order valence-electron chi connectivity index (χ2n) is 6.37. The van der Waals surface area contributed by atoms with Crippen LogP contribution < -0.4 is 0 Å². The van der Waals surface area contributed by atoms with E-state index in [0.29, 0.717) is 0 Å². The van der Waals surface area contributed by atoms with E-state index in [4.69, 9.17) is 23.7 Å². The van der Waals surface area contributed by atoms with Crippen molar-refractivity contribution in [3.8, 4) is 0 Å². The summed E-state index contributed by atoms with van der Waals surface area (Å²) in [5, 5.41) is 10.4. The molecule has 3 fully saturated rings. The molecule has 0 unspecified atom stereocenters. The number of hydrogen-bond donors (Lipinski definition) is 1. The van der Waals surface area contributed by atoms with E-state index in [1.165, 1.54) is 0 Å². The third-order valence-electron chi connectivity index (χ3n) is 3.73. The lowest BCUT2D eigenvalue weighted by Crippen LogP contribution is -2.44. The molecule has 0 radical (unpaired) electrons. The molecule has 0 saturated carbocycles. The number of aliphatic hydroxyl groups is 1. The van der Waals surface area contributed by atoms with Crippen molar-refractivity contribution in [1.82, 2.24) is 0 Å². The summed E-state index contributed by atoms with van der Waals surface area (Å²) < 4.78 is 28.6. The Morgan fingerprint density at radius 1 is 0.789 bits per heavy atom. The molecule has 110 valence electrons. The van der Waals surface area contributed by atoms with Gasteiger partial charge < -0.3 is 28.8 Å². The normalized spacial score (nSPS) is 51.5. The standard InChI is InChI=1S/C13H22O6/c1-6-8(17-12(2,3)16-6)9-7(14)10-11(15-9)19-13(4,5)18-10/h6-11,14H,1-5H3/t6-,7-,8+,9-,10+,11+/m0/s1. The van der Waals surface area contributed by atoms with Crippen LogP contribution in [0.2, 0.25) is 0 Å². The van der Waals surface area contributed by atoms with Crippen LogP contribution in [0.4, 0.5) is 0 Å². The minimum atomic E-state index is -0.781. The Morgan fingerprint density at radius 3 is 1.89 bits per heavy atom. The fourth-order valence-electron chi connectivity index (χ4n) is 3.09. The van der Waals surface area contributed by atoms with Crippen molar-refractivity contribution in [2.24, 2.45) is 0 Å². The van der Waals surface area contributed by atoms with Crippen LogP contribution in [-0.2, 0) is 23.7 Å². The summed E-state index contributed by atoms with van der Waals surface area (Å²) in [6, 6.07) is 0. The van der Waals surface area contributed by atoms with E-state index in [0.717, 1.165) is 0 Å². The Balaban J connectivity index is 1.72. The van der Waals surface area contributed by atoms with Gasteiger partial charge in [-0.15, -0.1) is 0 Å². The minimum Gasteiger partial charge on any atom is -0.387 e. The smallest absolute Gasteiger partial charge is 0.190 e. The molecule has 0 aliphatic carbocycles. The number of ether oxygens (including phenoxy) is 5. The lowest BCUT2D eigenvalue weighted by molar-refractivity contribution is -0.232. The predicted octanol–water partition coefficient (Wildman–Crippen LogP) is 0.764. The molecule has 6 atom stereocenters. The van der Waals surface area contributed by atoms with Crippen LogP contribution in [0.1, 0.15) is 34.6 Å². The van der Waals surface area contributed by atoms with E-state index in [9.17, 15) is 5.11 Å². The highest BCUT2D eigenvalue weighted by molar-refractivity contribution is 4.99. The van der Waals surface area contributed by atoms with Crippen LogP contribution in [0.25, 0.3) is 0 Å². The fraction of sp³-hybridized carbons (Fsp3) is 1.00. The van der Waals surface area contributed by atoms with E-state index < -0.39 is 36.2 Å². The van der Waals surface area contributed by atoms with Crippen LogP contribution in [-0.4, -0.2) is 53.5 Å². The highest BCUT2D eigenvalue weighted by Crippen LogP contribution is 2.41. The Hall–Kier alpha value is -0.240. The first-order valence-electron chi connectivity index (χ1n) is 6.73. The zero-order chi connectivity index (χ0) is 14.0. The minimum absolute atomic E-state index is 0.151. The topological polar surface area (TPSA) is 66.4 Å². The molecular formula is C13H22O6. The molecule has 0 bridgehead atoms. The van der Waals surface area contributed by atoms with Gasteiger partial charge in [-0.05, 0) is 34.6 Å². The van der Waals surface area contributed by atoms with Gasteiger partial charge in [0.2, 0.25) is 0 Å². The van der Waals surface area contributed by atoms with E-state index in [-0.39, 0.29) is 12.2 Å². The highest BCUT2D eigenvalue weighted by Gasteiger charge is 2.59. The predicted molar refractivity (Wildman–Crippen MR) is 64.2 cm³/mol. The number of hydrogen-bond acceptors (Lipinski definition) is 6. The molecule has 19 heavy (non-hydrogen) atoms. The van der Waals surface area contributed by atoms with Crippen molar-refractivity contribution in [3.05, 3.63) is 0 Å². The van der Waals surface area contributed by atoms with Gasteiger partial charge in [0.25, 0.3) is 0 Å². The maximum absolute atomic E-state index is 10.4. The van der Waals surface area contributed by atoms with Crippen LogP contribution in [0.5, 0.6) is 0 Å². The van der Waals surface area contributed by atoms with Gasteiger partial charge in [-0.25, -0.2) is 0 Å². The van der Waals surface area contributed by atoms with E-state index in [1.807, 2.05) is 20.8 Å². The molecule has 6 nitrogen and oxygen atoms in total. The van der Waals surface area contributed by atoms with E-state index in [1.54, 1.807) is 13.8 Å². The fourth-order valence-corrected chi connectivity index (χ4v) is 3.09. The second-order valence-corrected chi connectivity index (χ2v) is 6.37. The van der Waals surface area contributed by atoms with Crippen LogP contribution in [0.15, 0.2) is 0 Å². The first-order valence-corrected chi connectivity index (χ1v) is 6.73. The second kappa shape index (κ2) is 4.13. The molecule has 1 N–H and O–H groups in total. The average Bonchev–Trinajstić information content (AvgIpc) is 2.78. The molecule has 0 amide bonds. The van der Waals surface area contributed by atoms with Gasteiger partial charge in [0, 0.05) is 0 Å². The molecule has 3 rings (SSSR count). The molecule has 0 aromatic rings. The molecule has 3 aliphatic heterocycles. The Bertz CT molecular complexity index is 368. The van der Waals surface area contributed by atoms with Gasteiger partial charge in [-0.3, -0.25) is 0 Å². The van der Waals surface area contributed by atoms with Crippen molar-refractivity contribution in [1.29, 1.82) is 0 Å². The zero-order valence-electron chi connectivity index (χ0n) is 12.0. The molecule has 3 aliphatic rings. The third kappa shape index (κ3) is 2.30.